The van der Waals surface area contributed by atoms with E-state index < -0.39 is 23.4 Å². The van der Waals surface area contributed by atoms with Gasteiger partial charge in [0.15, 0.2) is 0 Å². The SMILES string of the molecule is CCOC(=O)C1=c2sc(=CC(=O)OC)c(=O)n2C(N)=C(C#N)C1c1ccc(OC)cc1. The van der Waals surface area contributed by atoms with Crippen LogP contribution in [0.3, 0.4) is 0 Å². The fourth-order valence-electron chi connectivity index (χ4n) is 3.25. The minimum atomic E-state index is -0.862. The van der Waals surface area contributed by atoms with Crippen molar-refractivity contribution in [2.24, 2.45) is 5.73 Å². The average Bonchev–Trinajstić information content (AvgIpc) is 3.09. The summed E-state index contributed by atoms with van der Waals surface area (Å²) in [5.41, 5.74) is 6.27. The summed E-state index contributed by atoms with van der Waals surface area (Å²) in [6, 6.07) is 8.81. The second-order valence-electron chi connectivity index (χ2n) is 6.33. The van der Waals surface area contributed by atoms with E-state index >= 15 is 0 Å². The Bertz CT molecular complexity index is 1290. The largest absolute Gasteiger partial charge is 0.497 e. The normalized spacial score (nSPS) is 15.9. The summed E-state index contributed by atoms with van der Waals surface area (Å²) >= 11 is 0.898. The summed E-state index contributed by atoms with van der Waals surface area (Å²) in [5, 5.41) is 9.86. The maximum Gasteiger partial charge on any atom is 0.338 e. The number of methoxy groups -OCH3 is 2. The zero-order chi connectivity index (χ0) is 22.7. The number of nitrogens with two attached hydrogens (primary N) is 1. The van der Waals surface area contributed by atoms with Gasteiger partial charge in [0.05, 0.1) is 44.0 Å². The van der Waals surface area contributed by atoms with Gasteiger partial charge in [-0.05, 0) is 24.6 Å². The number of allylic oxidation sites excluding steroid dienone is 1. The molecule has 1 aromatic carbocycles. The van der Waals surface area contributed by atoms with Gasteiger partial charge in [-0.2, -0.15) is 5.26 Å². The van der Waals surface area contributed by atoms with Gasteiger partial charge in [0.2, 0.25) is 0 Å². The molecule has 2 N–H and O–H groups in total. The van der Waals surface area contributed by atoms with Crippen LogP contribution < -0.4 is 25.2 Å². The average molecular weight is 441 g/mol. The lowest BCUT2D eigenvalue weighted by Gasteiger charge is -2.24. The summed E-state index contributed by atoms with van der Waals surface area (Å²) in [7, 11) is 2.70. The zero-order valence-corrected chi connectivity index (χ0v) is 17.8. The Labute approximate surface area is 180 Å². The predicted molar refractivity (Wildman–Crippen MR) is 113 cm³/mol. The third-order valence-electron chi connectivity index (χ3n) is 4.66. The smallest absolute Gasteiger partial charge is 0.338 e. The molecule has 0 saturated carbocycles. The molecule has 2 aromatic rings. The fraction of sp³-hybridized carbons (Fsp3) is 0.238. The van der Waals surface area contributed by atoms with Crippen molar-refractivity contribution in [3.05, 3.63) is 55.0 Å². The Balaban J connectivity index is 2.43. The van der Waals surface area contributed by atoms with Gasteiger partial charge < -0.3 is 19.9 Å². The molecule has 0 fully saturated rings. The molecule has 31 heavy (non-hydrogen) atoms. The van der Waals surface area contributed by atoms with Gasteiger partial charge in [0, 0.05) is 6.08 Å². The van der Waals surface area contributed by atoms with E-state index in [1.165, 1.54) is 14.2 Å². The van der Waals surface area contributed by atoms with Crippen molar-refractivity contribution in [1.29, 1.82) is 5.26 Å². The van der Waals surface area contributed by atoms with Crippen LogP contribution in [0.25, 0.3) is 17.5 Å². The van der Waals surface area contributed by atoms with Gasteiger partial charge in [-0.25, -0.2) is 9.59 Å². The molecule has 1 aliphatic heterocycles. The monoisotopic (exact) mass is 441 g/mol. The lowest BCUT2D eigenvalue weighted by atomic mass is 9.84. The highest BCUT2D eigenvalue weighted by atomic mass is 32.1. The Morgan fingerprint density at radius 1 is 1.29 bits per heavy atom. The standard InChI is InChI=1S/C21H19N3O6S/c1-4-30-21(27)17-16(11-5-7-12(28-2)8-6-11)13(10-22)18(23)24-19(26)14(31-20(17)24)9-15(25)29-3/h5-9,16H,4,23H2,1-3H3. The molecule has 3 rings (SSSR count). The second kappa shape index (κ2) is 8.89. The van der Waals surface area contributed by atoms with Crippen LogP contribution >= 0.6 is 11.3 Å². The predicted octanol–water partition coefficient (Wildman–Crippen LogP) is 0.0340. The molecule has 0 aliphatic carbocycles. The molecule has 0 spiro atoms. The van der Waals surface area contributed by atoms with Gasteiger partial charge in [-0.15, -0.1) is 11.3 Å². The minimum absolute atomic E-state index is 0.0132. The van der Waals surface area contributed by atoms with Crippen molar-refractivity contribution < 1.29 is 23.8 Å². The molecule has 9 nitrogen and oxygen atoms in total. The number of nitrogens with zero attached hydrogens (tertiary/aromatic N) is 2. The van der Waals surface area contributed by atoms with E-state index in [0.717, 1.165) is 22.0 Å². The molecule has 0 bridgehead atoms. The van der Waals surface area contributed by atoms with Gasteiger partial charge in [-0.3, -0.25) is 9.36 Å². The number of rotatable bonds is 5. The highest BCUT2D eigenvalue weighted by Crippen LogP contribution is 2.37. The van der Waals surface area contributed by atoms with Crippen molar-refractivity contribution in [2.75, 3.05) is 20.8 Å². The van der Waals surface area contributed by atoms with Gasteiger partial charge in [0.25, 0.3) is 5.56 Å². The number of esters is 2. The number of hydrogen-bond donors (Lipinski definition) is 1. The second-order valence-corrected chi connectivity index (χ2v) is 7.36. The number of nitriles is 1. The Morgan fingerprint density at radius 2 is 1.97 bits per heavy atom. The van der Waals surface area contributed by atoms with Gasteiger partial charge >= 0.3 is 11.9 Å². The highest BCUT2D eigenvalue weighted by Gasteiger charge is 2.36. The van der Waals surface area contributed by atoms with Crippen LogP contribution in [0, 0.1) is 11.3 Å². The number of carbonyl (C=O) groups excluding carboxylic acids is 2. The molecule has 0 saturated heterocycles. The fourth-order valence-corrected chi connectivity index (χ4v) is 4.37. The van der Waals surface area contributed by atoms with Crippen LogP contribution in [0.15, 0.2) is 34.6 Å². The van der Waals surface area contributed by atoms with Crippen LogP contribution in [0.1, 0.15) is 18.4 Å². The number of thiazole rings is 1. The van der Waals surface area contributed by atoms with Crippen LogP contribution in [0.4, 0.5) is 0 Å². The van der Waals surface area contributed by atoms with E-state index in [2.05, 4.69) is 4.74 Å². The van der Waals surface area contributed by atoms with Crippen molar-refractivity contribution in [2.45, 2.75) is 12.8 Å². The van der Waals surface area contributed by atoms with E-state index in [0.29, 0.717) is 11.3 Å². The van der Waals surface area contributed by atoms with Crippen LogP contribution in [0.5, 0.6) is 5.75 Å². The number of aromatic nitrogens is 1. The quantitative estimate of drug-likeness (QED) is 0.643. The summed E-state index contributed by atoms with van der Waals surface area (Å²) < 4.78 is 16.3. The maximum absolute atomic E-state index is 13.0. The molecular weight excluding hydrogens is 422 g/mol. The first-order valence-electron chi connectivity index (χ1n) is 9.14. The van der Waals surface area contributed by atoms with E-state index in [1.807, 2.05) is 6.07 Å². The van der Waals surface area contributed by atoms with Crippen molar-refractivity contribution >= 4 is 40.7 Å². The first-order chi connectivity index (χ1) is 14.9. The van der Waals surface area contributed by atoms with Gasteiger partial charge in [-0.1, -0.05) is 12.1 Å². The third-order valence-corrected chi connectivity index (χ3v) is 5.77. The van der Waals surface area contributed by atoms with Crippen molar-refractivity contribution in [3.63, 3.8) is 0 Å². The number of carbonyl (C=O) groups is 2. The Hall–Kier alpha value is -3.84. The molecule has 10 heteroatoms. The molecule has 0 amide bonds. The number of benzene rings is 1. The lowest BCUT2D eigenvalue weighted by Crippen LogP contribution is -2.40. The summed E-state index contributed by atoms with van der Waals surface area (Å²) in [4.78, 5) is 37.6. The molecular formula is C21H19N3O6S. The number of fused-ring (bicyclic) bond motifs is 1. The third kappa shape index (κ3) is 3.83. The van der Waals surface area contributed by atoms with Crippen molar-refractivity contribution in [1.82, 2.24) is 4.57 Å². The lowest BCUT2D eigenvalue weighted by molar-refractivity contribution is -0.136. The minimum Gasteiger partial charge on any atom is -0.497 e. The topological polar surface area (TPSA) is 134 Å². The van der Waals surface area contributed by atoms with Gasteiger partial charge in [0.1, 0.15) is 20.8 Å². The Morgan fingerprint density at radius 3 is 2.52 bits per heavy atom. The Kier molecular flexibility index (Phi) is 6.27. The van der Waals surface area contributed by atoms with E-state index in [9.17, 15) is 19.6 Å². The van der Waals surface area contributed by atoms with Crippen LogP contribution in [-0.2, 0) is 19.1 Å². The zero-order valence-electron chi connectivity index (χ0n) is 17.0. The molecule has 1 unspecified atom stereocenters. The highest BCUT2D eigenvalue weighted by molar-refractivity contribution is 7.07. The van der Waals surface area contributed by atoms with Crippen molar-refractivity contribution in [3.8, 4) is 11.8 Å². The molecule has 2 heterocycles. The summed E-state index contributed by atoms with van der Waals surface area (Å²) in [6.45, 7) is 1.74. The number of ether oxygens (including phenoxy) is 3. The molecule has 1 aromatic heterocycles. The van der Waals surface area contributed by atoms with Crippen LogP contribution in [-0.4, -0.2) is 37.3 Å². The summed E-state index contributed by atoms with van der Waals surface area (Å²) in [5.74, 6) is -1.81. The van der Waals surface area contributed by atoms with E-state index in [1.54, 1.807) is 31.2 Å². The first-order valence-corrected chi connectivity index (χ1v) is 9.96. The molecule has 160 valence electrons. The van der Waals surface area contributed by atoms with Crippen LogP contribution in [0.2, 0.25) is 0 Å². The molecule has 1 atom stereocenters. The molecule has 1 aliphatic rings. The maximum atomic E-state index is 13.0. The van der Waals surface area contributed by atoms with E-state index in [4.69, 9.17) is 15.2 Å². The first kappa shape index (κ1) is 21.9. The summed E-state index contributed by atoms with van der Waals surface area (Å²) in [6.07, 6.45) is 1.02. The van der Waals surface area contributed by atoms with E-state index in [-0.39, 0.29) is 32.8 Å². The molecule has 0 radical (unpaired) electrons. The number of hydrogen-bond acceptors (Lipinski definition) is 9.